The zero-order valence-corrected chi connectivity index (χ0v) is 14.3. The van der Waals surface area contributed by atoms with Crippen molar-refractivity contribution in [3.63, 3.8) is 0 Å². The lowest BCUT2D eigenvalue weighted by atomic mass is 10.1. The van der Waals surface area contributed by atoms with Crippen LogP contribution in [0.2, 0.25) is 0 Å². The van der Waals surface area contributed by atoms with Crippen molar-refractivity contribution in [3.05, 3.63) is 71.4 Å². The molecule has 128 valence electrons. The van der Waals surface area contributed by atoms with Crippen LogP contribution in [0.5, 0.6) is 0 Å². The van der Waals surface area contributed by atoms with Crippen LogP contribution in [0.3, 0.4) is 0 Å². The van der Waals surface area contributed by atoms with Gasteiger partial charge in [0.2, 0.25) is 10.0 Å². The fourth-order valence-corrected chi connectivity index (χ4v) is 3.35. The number of carbonyl (C=O) groups excluding carboxylic acids is 1. The lowest BCUT2D eigenvalue weighted by Gasteiger charge is -2.09. The minimum absolute atomic E-state index is 0.0335. The summed E-state index contributed by atoms with van der Waals surface area (Å²) in [6.45, 7) is 1.64. The molecule has 6 nitrogen and oxygen atoms in total. The number of benzene rings is 2. The maximum Gasteiger partial charge on any atom is 0.338 e. The molecule has 2 N–H and O–H groups in total. The van der Waals surface area contributed by atoms with E-state index in [1.807, 2.05) is 30.3 Å². The molecule has 3 rings (SSSR count). The largest absolute Gasteiger partial charge is 0.457 e. The van der Waals surface area contributed by atoms with E-state index in [0.29, 0.717) is 5.56 Å². The number of hydrogen-bond donors (Lipinski definition) is 1. The van der Waals surface area contributed by atoms with Gasteiger partial charge in [-0.05, 0) is 30.7 Å². The molecule has 0 saturated heterocycles. The topological polar surface area (TPSA) is 99.3 Å². The molecule has 0 unspecified atom stereocenters. The van der Waals surface area contributed by atoms with E-state index in [4.69, 9.17) is 9.88 Å². The molecule has 0 atom stereocenters. The molecule has 0 spiro atoms. The summed E-state index contributed by atoms with van der Waals surface area (Å²) in [5, 5.41) is 6.11. The Morgan fingerprint density at radius 1 is 1.16 bits per heavy atom. The summed E-state index contributed by atoms with van der Waals surface area (Å²) >= 11 is 0. The summed E-state index contributed by atoms with van der Waals surface area (Å²) in [7, 11) is -3.90. The smallest absolute Gasteiger partial charge is 0.338 e. The van der Waals surface area contributed by atoms with Gasteiger partial charge in [-0.1, -0.05) is 30.3 Å². The molecule has 2 aromatic carbocycles. The number of aryl methyl sites for hydroxylation is 1. The van der Waals surface area contributed by atoms with Crippen molar-refractivity contribution < 1.29 is 17.9 Å². The number of nitrogens with two attached hydrogens (primary N) is 1. The van der Waals surface area contributed by atoms with E-state index < -0.39 is 16.0 Å². The van der Waals surface area contributed by atoms with Gasteiger partial charge in [0.15, 0.2) is 0 Å². The van der Waals surface area contributed by atoms with Crippen LogP contribution in [-0.4, -0.2) is 19.4 Å². The van der Waals surface area contributed by atoms with E-state index in [9.17, 15) is 13.2 Å². The molecule has 7 heteroatoms. The summed E-state index contributed by atoms with van der Waals surface area (Å²) in [5.74, 6) is -0.627. The van der Waals surface area contributed by atoms with Crippen LogP contribution in [0.15, 0.2) is 59.6 Å². The number of esters is 1. The van der Waals surface area contributed by atoms with Crippen LogP contribution in [0.1, 0.15) is 21.5 Å². The predicted octanol–water partition coefficient (Wildman–Crippen LogP) is 2.55. The third kappa shape index (κ3) is 3.67. The highest BCUT2D eigenvalue weighted by Crippen LogP contribution is 2.19. The number of hydrogen-bond acceptors (Lipinski definition) is 5. The Morgan fingerprint density at radius 2 is 1.92 bits per heavy atom. The molecule has 0 aliphatic rings. The van der Waals surface area contributed by atoms with Gasteiger partial charge in [-0.2, -0.15) is 0 Å². The SMILES string of the molecule is Cc1ccc(C(=O)OCc2cccc3cccnc23)cc1S(N)(=O)=O. The molecule has 1 heterocycles. The van der Waals surface area contributed by atoms with Crippen molar-refractivity contribution in [1.29, 1.82) is 0 Å². The molecule has 3 aromatic rings. The van der Waals surface area contributed by atoms with E-state index in [1.54, 1.807) is 13.1 Å². The number of carbonyl (C=O) groups is 1. The monoisotopic (exact) mass is 356 g/mol. The average Bonchev–Trinajstić information content (AvgIpc) is 2.59. The number of sulfonamides is 1. The summed E-state index contributed by atoms with van der Waals surface area (Å²) < 4.78 is 28.5. The molecular formula is C18H16N2O4S. The summed E-state index contributed by atoms with van der Waals surface area (Å²) in [6, 6.07) is 13.6. The number of rotatable bonds is 4. The van der Waals surface area contributed by atoms with Crippen LogP contribution in [-0.2, 0) is 21.4 Å². The van der Waals surface area contributed by atoms with Crippen LogP contribution >= 0.6 is 0 Å². The second-order valence-corrected chi connectivity index (χ2v) is 7.12. The van der Waals surface area contributed by atoms with Crippen LogP contribution in [0.4, 0.5) is 0 Å². The lowest BCUT2D eigenvalue weighted by Crippen LogP contribution is -2.15. The maximum atomic E-state index is 12.3. The predicted molar refractivity (Wildman–Crippen MR) is 93.4 cm³/mol. The van der Waals surface area contributed by atoms with E-state index in [0.717, 1.165) is 16.5 Å². The maximum absolute atomic E-state index is 12.3. The highest BCUT2D eigenvalue weighted by atomic mass is 32.2. The Bertz CT molecular complexity index is 1060. The van der Waals surface area contributed by atoms with E-state index in [-0.39, 0.29) is 17.1 Å². The van der Waals surface area contributed by atoms with Gasteiger partial charge in [-0.3, -0.25) is 4.98 Å². The van der Waals surface area contributed by atoms with Crippen molar-refractivity contribution in [2.24, 2.45) is 5.14 Å². The number of pyridine rings is 1. The van der Waals surface area contributed by atoms with Gasteiger partial charge in [0.1, 0.15) is 6.61 Å². The molecule has 0 aliphatic carbocycles. The number of para-hydroxylation sites is 1. The minimum Gasteiger partial charge on any atom is -0.457 e. The van der Waals surface area contributed by atoms with Crippen LogP contribution in [0, 0.1) is 6.92 Å². The van der Waals surface area contributed by atoms with Crippen LogP contribution in [0.25, 0.3) is 10.9 Å². The molecule has 25 heavy (non-hydrogen) atoms. The van der Waals surface area contributed by atoms with Gasteiger partial charge in [0, 0.05) is 17.1 Å². The molecule has 0 radical (unpaired) electrons. The minimum atomic E-state index is -3.90. The quantitative estimate of drug-likeness (QED) is 0.724. The first-order chi connectivity index (χ1) is 11.9. The Morgan fingerprint density at radius 3 is 2.68 bits per heavy atom. The first-order valence-electron chi connectivity index (χ1n) is 7.49. The van der Waals surface area contributed by atoms with E-state index in [2.05, 4.69) is 4.98 Å². The van der Waals surface area contributed by atoms with Gasteiger partial charge in [0.05, 0.1) is 16.0 Å². The molecule has 0 amide bonds. The Balaban J connectivity index is 1.83. The molecular weight excluding hydrogens is 340 g/mol. The highest BCUT2D eigenvalue weighted by Gasteiger charge is 2.16. The number of aromatic nitrogens is 1. The molecule has 0 fully saturated rings. The summed E-state index contributed by atoms with van der Waals surface area (Å²) in [4.78, 5) is 16.5. The highest BCUT2D eigenvalue weighted by molar-refractivity contribution is 7.89. The van der Waals surface area contributed by atoms with Crippen molar-refractivity contribution >= 4 is 26.9 Å². The zero-order chi connectivity index (χ0) is 18.0. The molecule has 0 saturated carbocycles. The fourth-order valence-electron chi connectivity index (χ4n) is 2.54. The number of fused-ring (bicyclic) bond motifs is 1. The van der Waals surface area contributed by atoms with Crippen molar-refractivity contribution in [1.82, 2.24) is 4.98 Å². The zero-order valence-electron chi connectivity index (χ0n) is 13.5. The molecule has 1 aromatic heterocycles. The first-order valence-corrected chi connectivity index (χ1v) is 9.04. The fraction of sp³-hybridized carbons (Fsp3) is 0.111. The van der Waals surface area contributed by atoms with Crippen molar-refractivity contribution in [2.45, 2.75) is 18.4 Å². The standard InChI is InChI=1S/C18H16N2O4S/c1-12-7-8-14(10-16(12)25(19,22)23)18(21)24-11-15-5-2-4-13-6-3-9-20-17(13)15/h2-10H,11H2,1H3,(H2,19,22,23). The Kier molecular flexibility index (Phi) is 4.52. The summed E-state index contributed by atoms with van der Waals surface area (Å²) in [6.07, 6.45) is 1.67. The van der Waals surface area contributed by atoms with E-state index >= 15 is 0 Å². The second-order valence-electron chi connectivity index (χ2n) is 5.59. The van der Waals surface area contributed by atoms with Crippen molar-refractivity contribution in [3.8, 4) is 0 Å². The van der Waals surface area contributed by atoms with Gasteiger partial charge < -0.3 is 4.74 Å². The van der Waals surface area contributed by atoms with Gasteiger partial charge in [0.25, 0.3) is 0 Å². The van der Waals surface area contributed by atoms with Gasteiger partial charge in [-0.25, -0.2) is 18.4 Å². The first kappa shape index (κ1) is 17.1. The number of ether oxygens (including phenoxy) is 1. The molecule has 0 bridgehead atoms. The summed E-state index contributed by atoms with van der Waals surface area (Å²) in [5.41, 5.74) is 2.12. The van der Waals surface area contributed by atoms with Crippen LogP contribution < -0.4 is 5.14 Å². The third-order valence-electron chi connectivity index (χ3n) is 3.81. The molecule has 0 aliphatic heterocycles. The number of nitrogens with zero attached hydrogens (tertiary/aromatic N) is 1. The lowest BCUT2D eigenvalue weighted by molar-refractivity contribution is 0.0474. The van der Waals surface area contributed by atoms with Crippen molar-refractivity contribution in [2.75, 3.05) is 0 Å². The number of primary sulfonamides is 1. The third-order valence-corrected chi connectivity index (χ3v) is 4.86. The normalized spacial score (nSPS) is 11.4. The average molecular weight is 356 g/mol. The van der Waals surface area contributed by atoms with Gasteiger partial charge >= 0.3 is 5.97 Å². The Labute approximate surface area is 145 Å². The second kappa shape index (κ2) is 6.62. The Hall–Kier alpha value is -2.77. The van der Waals surface area contributed by atoms with E-state index in [1.165, 1.54) is 18.2 Å². The van der Waals surface area contributed by atoms with Gasteiger partial charge in [-0.15, -0.1) is 0 Å².